The zero-order valence-electron chi connectivity index (χ0n) is 15.5. The standard InChI is InChI=1S/C22H26N2O2S/c25-17-12-10-15(11-13-17)14-23-22-20(18-8-4-5-9-19(18)27-22)21(26)24-16-6-2-1-3-7-16/h10-14,16,25H,1-9H2,(H,24,26)/b23-14+. The molecule has 1 aromatic carbocycles. The number of carbonyl (C=O) groups excluding carboxylic acids is 1. The molecule has 27 heavy (non-hydrogen) atoms. The maximum Gasteiger partial charge on any atom is 0.254 e. The van der Waals surface area contributed by atoms with Gasteiger partial charge in [-0.2, -0.15) is 0 Å². The van der Waals surface area contributed by atoms with Crippen LogP contribution in [0.15, 0.2) is 29.3 Å². The molecule has 0 aliphatic heterocycles. The number of nitrogens with one attached hydrogen (secondary N) is 1. The van der Waals surface area contributed by atoms with Gasteiger partial charge in [0.25, 0.3) is 5.91 Å². The second kappa shape index (κ2) is 8.26. The van der Waals surface area contributed by atoms with E-state index in [4.69, 9.17) is 0 Å². The summed E-state index contributed by atoms with van der Waals surface area (Å²) in [5.74, 6) is 0.297. The Bertz CT molecular complexity index is 833. The van der Waals surface area contributed by atoms with Crippen LogP contribution in [-0.4, -0.2) is 23.3 Å². The summed E-state index contributed by atoms with van der Waals surface area (Å²) in [5.41, 5.74) is 2.94. The Labute approximate surface area is 164 Å². The number of nitrogens with zero attached hydrogens (tertiary/aromatic N) is 1. The van der Waals surface area contributed by atoms with Crippen molar-refractivity contribution in [3.05, 3.63) is 45.8 Å². The number of rotatable bonds is 4. The molecule has 0 radical (unpaired) electrons. The predicted octanol–water partition coefficient (Wildman–Crippen LogP) is 5.15. The molecule has 0 bridgehead atoms. The average molecular weight is 383 g/mol. The van der Waals surface area contributed by atoms with Crippen molar-refractivity contribution in [2.45, 2.75) is 63.8 Å². The van der Waals surface area contributed by atoms with Gasteiger partial charge in [-0.1, -0.05) is 19.3 Å². The van der Waals surface area contributed by atoms with E-state index in [9.17, 15) is 9.90 Å². The monoisotopic (exact) mass is 382 g/mol. The van der Waals surface area contributed by atoms with E-state index in [0.717, 1.165) is 48.2 Å². The van der Waals surface area contributed by atoms with Crippen LogP contribution in [0.1, 0.15) is 71.3 Å². The normalized spacial score (nSPS) is 17.8. The third-order valence-electron chi connectivity index (χ3n) is 5.54. The van der Waals surface area contributed by atoms with Gasteiger partial charge in [0.1, 0.15) is 10.8 Å². The van der Waals surface area contributed by atoms with Crippen LogP contribution in [0.5, 0.6) is 5.75 Å². The van der Waals surface area contributed by atoms with Crippen molar-refractivity contribution in [3.63, 3.8) is 0 Å². The van der Waals surface area contributed by atoms with Gasteiger partial charge in [0.2, 0.25) is 0 Å². The summed E-state index contributed by atoms with van der Waals surface area (Å²) in [6.07, 6.45) is 12.0. The first-order chi connectivity index (χ1) is 13.2. The summed E-state index contributed by atoms with van der Waals surface area (Å²) >= 11 is 1.67. The molecule has 1 aromatic heterocycles. The van der Waals surface area contributed by atoms with Crippen LogP contribution in [0.3, 0.4) is 0 Å². The number of hydrogen-bond donors (Lipinski definition) is 2. The molecule has 1 saturated carbocycles. The van der Waals surface area contributed by atoms with E-state index in [2.05, 4.69) is 10.3 Å². The fourth-order valence-electron chi connectivity index (χ4n) is 4.07. The quantitative estimate of drug-likeness (QED) is 0.719. The van der Waals surface area contributed by atoms with Crippen LogP contribution in [0.25, 0.3) is 0 Å². The minimum absolute atomic E-state index is 0.0548. The number of benzene rings is 1. The Morgan fingerprint density at radius 2 is 1.81 bits per heavy atom. The molecule has 1 heterocycles. The van der Waals surface area contributed by atoms with Gasteiger partial charge in [-0.15, -0.1) is 11.3 Å². The van der Waals surface area contributed by atoms with Gasteiger partial charge in [0.05, 0.1) is 5.56 Å². The Balaban J connectivity index is 1.61. The number of amides is 1. The number of aryl methyl sites for hydroxylation is 1. The molecule has 2 aliphatic rings. The highest BCUT2D eigenvalue weighted by Gasteiger charge is 2.27. The summed E-state index contributed by atoms with van der Waals surface area (Å²) < 4.78 is 0. The minimum Gasteiger partial charge on any atom is -0.508 e. The van der Waals surface area contributed by atoms with Crippen LogP contribution in [0, 0.1) is 0 Å². The minimum atomic E-state index is 0.0548. The Hall–Kier alpha value is -2.14. The Morgan fingerprint density at radius 1 is 1.07 bits per heavy atom. The molecule has 1 fully saturated rings. The molecule has 0 saturated heterocycles. The number of phenolic OH excluding ortho intramolecular Hbond substituents is 1. The molecule has 0 unspecified atom stereocenters. The fourth-order valence-corrected chi connectivity index (χ4v) is 5.31. The summed E-state index contributed by atoms with van der Waals surface area (Å²) in [5, 5.41) is 13.5. The van der Waals surface area contributed by atoms with Crippen LogP contribution in [0.4, 0.5) is 5.00 Å². The van der Waals surface area contributed by atoms with E-state index in [1.54, 1.807) is 29.7 Å². The number of aliphatic imine (C=N–C) groups is 1. The van der Waals surface area contributed by atoms with Crippen LogP contribution in [0.2, 0.25) is 0 Å². The maximum atomic E-state index is 13.1. The molecular weight excluding hydrogens is 356 g/mol. The molecule has 0 spiro atoms. The maximum absolute atomic E-state index is 13.1. The largest absolute Gasteiger partial charge is 0.508 e. The van der Waals surface area contributed by atoms with Gasteiger partial charge in [-0.05, 0) is 73.9 Å². The molecule has 1 amide bonds. The van der Waals surface area contributed by atoms with E-state index >= 15 is 0 Å². The van der Waals surface area contributed by atoms with Crippen molar-refractivity contribution >= 4 is 28.5 Å². The lowest BCUT2D eigenvalue weighted by molar-refractivity contribution is 0.0927. The van der Waals surface area contributed by atoms with Crippen molar-refractivity contribution < 1.29 is 9.90 Å². The molecule has 4 nitrogen and oxygen atoms in total. The summed E-state index contributed by atoms with van der Waals surface area (Å²) in [4.78, 5) is 19.1. The molecular formula is C22H26N2O2S. The highest BCUT2D eigenvalue weighted by Crippen LogP contribution is 2.40. The molecule has 2 N–H and O–H groups in total. The third-order valence-corrected chi connectivity index (χ3v) is 6.74. The number of hydrogen-bond acceptors (Lipinski definition) is 4. The lowest BCUT2D eigenvalue weighted by Crippen LogP contribution is -2.36. The van der Waals surface area contributed by atoms with Crippen LogP contribution in [-0.2, 0) is 12.8 Å². The van der Waals surface area contributed by atoms with E-state index in [0.29, 0.717) is 6.04 Å². The first-order valence-electron chi connectivity index (χ1n) is 9.99. The predicted molar refractivity (Wildman–Crippen MR) is 111 cm³/mol. The Kier molecular flexibility index (Phi) is 5.58. The SMILES string of the molecule is O=C(NC1CCCCC1)c1c(/N=C/c2ccc(O)cc2)sc2c1CCCC2. The van der Waals surface area contributed by atoms with E-state index in [1.165, 1.54) is 36.1 Å². The van der Waals surface area contributed by atoms with Gasteiger partial charge >= 0.3 is 0 Å². The topological polar surface area (TPSA) is 61.7 Å². The average Bonchev–Trinajstić information content (AvgIpc) is 3.07. The molecule has 142 valence electrons. The number of aromatic hydroxyl groups is 1. The molecule has 0 atom stereocenters. The second-order valence-electron chi connectivity index (χ2n) is 7.55. The number of thiophene rings is 1. The van der Waals surface area contributed by atoms with Gasteiger partial charge < -0.3 is 10.4 Å². The lowest BCUT2D eigenvalue weighted by atomic mass is 9.93. The van der Waals surface area contributed by atoms with E-state index < -0.39 is 0 Å². The molecule has 2 aliphatic carbocycles. The van der Waals surface area contributed by atoms with Crippen molar-refractivity contribution in [1.29, 1.82) is 0 Å². The summed E-state index contributed by atoms with van der Waals surface area (Å²) in [6.45, 7) is 0. The van der Waals surface area contributed by atoms with E-state index in [-0.39, 0.29) is 11.7 Å². The number of fused-ring (bicyclic) bond motifs is 1. The van der Waals surface area contributed by atoms with Crippen LogP contribution < -0.4 is 5.32 Å². The van der Waals surface area contributed by atoms with Gasteiger partial charge in [0, 0.05) is 17.1 Å². The number of carbonyl (C=O) groups is 1. The zero-order valence-corrected chi connectivity index (χ0v) is 16.4. The van der Waals surface area contributed by atoms with Gasteiger partial charge in [-0.3, -0.25) is 4.79 Å². The fraction of sp³-hybridized carbons (Fsp3) is 0.455. The summed E-state index contributed by atoms with van der Waals surface area (Å²) in [7, 11) is 0. The van der Waals surface area contributed by atoms with E-state index in [1.807, 2.05) is 12.1 Å². The van der Waals surface area contributed by atoms with Crippen LogP contribution >= 0.6 is 11.3 Å². The first kappa shape index (κ1) is 18.2. The summed E-state index contributed by atoms with van der Waals surface area (Å²) in [6, 6.07) is 7.26. The Morgan fingerprint density at radius 3 is 2.59 bits per heavy atom. The zero-order chi connectivity index (χ0) is 18.6. The smallest absolute Gasteiger partial charge is 0.254 e. The second-order valence-corrected chi connectivity index (χ2v) is 8.63. The van der Waals surface area contributed by atoms with Crippen molar-refractivity contribution in [2.24, 2.45) is 4.99 Å². The number of phenols is 1. The van der Waals surface area contributed by atoms with Crippen molar-refractivity contribution in [1.82, 2.24) is 5.32 Å². The third kappa shape index (κ3) is 4.24. The van der Waals surface area contributed by atoms with Gasteiger partial charge in [-0.25, -0.2) is 4.99 Å². The highest BCUT2D eigenvalue weighted by molar-refractivity contribution is 7.16. The molecule has 2 aromatic rings. The lowest BCUT2D eigenvalue weighted by Gasteiger charge is -2.23. The molecule has 5 heteroatoms. The van der Waals surface area contributed by atoms with Crippen molar-refractivity contribution in [3.8, 4) is 5.75 Å². The highest BCUT2D eigenvalue weighted by atomic mass is 32.1. The van der Waals surface area contributed by atoms with Crippen molar-refractivity contribution in [2.75, 3.05) is 0 Å². The van der Waals surface area contributed by atoms with Gasteiger partial charge in [0.15, 0.2) is 0 Å². The molecule has 4 rings (SSSR count). The first-order valence-corrected chi connectivity index (χ1v) is 10.8.